The van der Waals surface area contributed by atoms with E-state index in [1.807, 2.05) is 23.4 Å². The number of rotatable bonds is 3. The second-order valence-corrected chi connectivity index (χ2v) is 8.33. The molecule has 5 rings (SSSR count). The van der Waals surface area contributed by atoms with Crippen molar-refractivity contribution in [3.05, 3.63) is 53.4 Å². The first-order valence-electron chi connectivity index (χ1n) is 9.69. The van der Waals surface area contributed by atoms with Gasteiger partial charge in [-0.15, -0.1) is 11.3 Å². The maximum Gasteiger partial charge on any atom is 0.264 e. The topological polar surface area (TPSA) is 58.6 Å². The van der Waals surface area contributed by atoms with Crippen LogP contribution >= 0.6 is 11.3 Å². The number of morpholine rings is 1. The first kappa shape index (κ1) is 17.6. The summed E-state index contributed by atoms with van der Waals surface area (Å²) >= 11 is 1.63. The number of aromatic nitrogens is 2. The zero-order valence-electron chi connectivity index (χ0n) is 15.6. The molecule has 0 spiro atoms. The number of hydrogen-bond acceptors (Lipinski definition) is 6. The summed E-state index contributed by atoms with van der Waals surface area (Å²) in [7, 11) is 0. The summed E-state index contributed by atoms with van der Waals surface area (Å²) in [6.07, 6.45) is 6.31. The molecule has 2 fully saturated rings. The van der Waals surface area contributed by atoms with E-state index in [4.69, 9.17) is 4.74 Å². The molecule has 0 N–H and O–H groups in total. The molecule has 0 bridgehead atoms. The van der Waals surface area contributed by atoms with Gasteiger partial charge in [-0.3, -0.25) is 4.79 Å². The Bertz CT molecular complexity index is 984. The van der Waals surface area contributed by atoms with Gasteiger partial charge in [0.15, 0.2) is 0 Å². The third kappa shape index (κ3) is 3.14. The molecule has 144 valence electrons. The number of benzene rings is 1. The van der Waals surface area contributed by atoms with Crippen molar-refractivity contribution < 1.29 is 9.53 Å². The normalized spacial score (nSPS) is 20.1. The van der Waals surface area contributed by atoms with Crippen molar-refractivity contribution in [1.82, 2.24) is 14.9 Å². The number of thiophene rings is 1. The fraction of sp³-hybridized carbons (Fsp3) is 0.381. The van der Waals surface area contributed by atoms with Crippen molar-refractivity contribution in [2.24, 2.45) is 0 Å². The van der Waals surface area contributed by atoms with E-state index in [9.17, 15) is 4.79 Å². The first-order chi connectivity index (χ1) is 13.8. The maximum absolute atomic E-state index is 13.3. The molecule has 1 unspecified atom stereocenters. The van der Waals surface area contributed by atoms with Gasteiger partial charge < -0.3 is 14.5 Å². The number of anilines is 1. The van der Waals surface area contributed by atoms with Crippen LogP contribution in [0.5, 0.6) is 0 Å². The Hall–Kier alpha value is -2.51. The third-order valence-electron chi connectivity index (χ3n) is 5.64. The molecular formula is C21H22N4O2S. The SMILES string of the molecule is O=C(c1sc2ccccc2c1C1CCN(c2cncnc2)C1)N1CCOCC1. The van der Waals surface area contributed by atoms with Gasteiger partial charge in [0.1, 0.15) is 6.33 Å². The highest BCUT2D eigenvalue weighted by Crippen LogP contribution is 2.41. The minimum Gasteiger partial charge on any atom is -0.378 e. The molecule has 3 aromatic rings. The summed E-state index contributed by atoms with van der Waals surface area (Å²) in [4.78, 5) is 26.8. The van der Waals surface area contributed by atoms with E-state index in [1.165, 1.54) is 15.6 Å². The average molecular weight is 395 g/mol. The zero-order valence-corrected chi connectivity index (χ0v) is 16.4. The predicted molar refractivity (Wildman–Crippen MR) is 110 cm³/mol. The number of amides is 1. The third-order valence-corrected chi connectivity index (χ3v) is 6.81. The molecule has 2 aromatic heterocycles. The molecule has 1 aromatic carbocycles. The molecule has 6 nitrogen and oxygen atoms in total. The van der Waals surface area contributed by atoms with Crippen LogP contribution in [0.1, 0.15) is 27.6 Å². The largest absolute Gasteiger partial charge is 0.378 e. The molecule has 0 aliphatic carbocycles. The number of carbonyl (C=O) groups is 1. The molecule has 0 radical (unpaired) electrons. The van der Waals surface area contributed by atoms with Gasteiger partial charge in [0.05, 0.1) is 36.2 Å². The molecule has 1 amide bonds. The van der Waals surface area contributed by atoms with Crippen LogP contribution in [-0.4, -0.2) is 60.2 Å². The van der Waals surface area contributed by atoms with Gasteiger partial charge in [-0.25, -0.2) is 9.97 Å². The van der Waals surface area contributed by atoms with E-state index < -0.39 is 0 Å². The standard InChI is InChI=1S/C21H22N4O2S/c26-21(24-7-9-27-10-8-24)20-19(17-3-1-2-4-18(17)28-20)15-5-6-25(13-15)16-11-22-14-23-12-16/h1-4,11-12,14-15H,5-10,13H2. The van der Waals surface area contributed by atoms with Crippen molar-refractivity contribution in [3.63, 3.8) is 0 Å². The highest BCUT2D eigenvalue weighted by Gasteiger charge is 2.32. The van der Waals surface area contributed by atoms with Crippen molar-refractivity contribution in [1.29, 1.82) is 0 Å². The Morgan fingerprint density at radius 3 is 2.71 bits per heavy atom. The lowest BCUT2D eigenvalue weighted by atomic mass is 9.94. The molecule has 2 aliphatic rings. The summed E-state index contributed by atoms with van der Waals surface area (Å²) in [6, 6.07) is 8.40. The van der Waals surface area contributed by atoms with Gasteiger partial charge in [0.25, 0.3) is 5.91 Å². The van der Waals surface area contributed by atoms with Crippen LogP contribution in [0.3, 0.4) is 0 Å². The van der Waals surface area contributed by atoms with Gasteiger partial charge in [0.2, 0.25) is 0 Å². The summed E-state index contributed by atoms with van der Waals surface area (Å²) in [5, 5.41) is 1.22. The zero-order chi connectivity index (χ0) is 18.9. The minimum atomic E-state index is 0.154. The quantitative estimate of drug-likeness (QED) is 0.683. The molecule has 28 heavy (non-hydrogen) atoms. The Morgan fingerprint density at radius 1 is 1.11 bits per heavy atom. The number of carbonyl (C=O) groups excluding carboxylic acids is 1. The monoisotopic (exact) mass is 394 g/mol. The van der Waals surface area contributed by atoms with Crippen LogP contribution in [0.4, 0.5) is 5.69 Å². The lowest BCUT2D eigenvalue weighted by Gasteiger charge is -2.27. The van der Waals surface area contributed by atoms with Crippen molar-refractivity contribution in [2.75, 3.05) is 44.3 Å². The van der Waals surface area contributed by atoms with Gasteiger partial charge in [0, 0.05) is 36.8 Å². The lowest BCUT2D eigenvalue weighted by Crippen LogP contribution is -2.40. The fourth-order valence-corrected chi connectivity index (χ4v) is 5.48. The molecular weight excluding hydrogens is 372 g/mol. The molecule has 0 saturated carbocycles. The van der Waals surface area contributed by atoms with Crippen LogP contribution in [0, 0.1) is 0 Å². The van der Waals surface area contributed by atoms with Crippen LogP contribution in [0.2, 0.25) is 0 Å². The van der Waals surface area contributed by atoms with Crippen molar-refractivity contribution >= 4 is 33.0 Å². The summed E-state index contributed by atoms with van der Waals surface area (Å²) in [6.45, 7) is 4.43. The van der Waals surface area contributed by atoms with E-state index >= 15 is 0 Å². The number of fused-ring (bicyclic) bond motifs is 1. The highest BCUT2D eigenvalue weighted by molar-refractivity contribution is 7.21. The molecule has 2 saturated heterocycles. The van der Waals surface area contributed by atoms with Gasteiger partial charge in [-0.1, -0.05) is 18.2 Å². The van der Waals surface area contributed by atoms with E-state index in [2.05, 4.69) is 33.1 Å². The predicted octanol–water partition coefficient (Wildman–Crippen LogP) is 3.16. The number of ether oxygens (including phenoxy) is 1. The Morgan fingerprint density at radius 2 is 1.89 bits per heavy atom. The second-order valence-electron chi connectivity index (χ2n) is 7.27. The van der Waals surface area contributed by atoms with Crippen LogP contribution < -0.4 is 4.90 Å². The lowest BCUT2D eigenvalue weighted by molar-refractivity contribution is 0.0305. The van der Waals surface area contributed by atoms with E-state index in [0.717, 1.165) is 30.1 Å². The Balaban J connectivity index is 1.50. The molecule has 4 heterocycles. The fourth-order valence-electron chi connectivity index (χ4n) is 4.22. The van der Waals surface area contributed by atoms with E-state index in [-0.39, 0.29) is 5.91 Å². The molecule has 1 atom stereocenters. The number of hydrogen-bond donors (Lipinski definition) is 0. The van der Waals surface area contributed by atoms with E-state index in [1.54, 1.807) is 17.7 Å². The smallest absolute Gasteiger partial charge is 0.264 e. The van der Waals surface area contributed by atoms with Gasteiger partial charge >= 0.3 is 0 Å². The van der Waals surface area contributed by atoms with Crippen LogP contribution in [0.25, 0.3) is 10.1 Å². The van der Waals surface area contributed by atoms with Crippen molar-refractivity contribution in [2.45, 2.75) is 12.3 Å². The van der Waals surface area contributed by atoms with Gasteiger partial charge in [-0.2, -0.15) is 0 Å². The minimum absolute atomic E-state index is 0.154. The second kappa shape index (κ2) is 7.48. The summed E-state index contributed by atoms with van der Waals surface area (Å²) in [5.74, 6) is 0.484. The van der Waals surface area contributed by atoms with Crippen LogP contribution in [-0.2, 0) is 4.74 Å². The maximum atomic E-state index is 13.3. The van der Waals surface area contributed by atoms with E-state index in [0.29, 0.717) is 32.2 Å². The average Bonchev–Trinajstić information content (AvgIpc) is 3.39. The van der Waals surface area contributed by atoms with Gasteiger partial charge in [-0.05, 0) is 23.4 Å². The first-order valence-corrected chi connectivity index (χ1v) is 10.5. The summed E-state index contributed by atoms with van der Waals surface area (Å²) < 4.78 is 6.62. The van der Waals surface area contributed by atoms with Crippen molar-refractivity contribution in [3.8, 4) is 0 Å². The highest BCUT2D eigenvalue weighted by atomic mass is 32.1. The summed E-state index contributed by atoms with van der Waals surface area (Å²) in [5.41, 5.74) is 2.27. The molecule has 2 aliphatic heterocycles. The number of nitrogens with zero attached hydrogens (tertiary/aromatic N) is 4. The Labute approximate surface area is 167 Å². The Kier molecular flexibility index (Phi) is 4.70. The van der Waals surface area contributed by atoms with Crippen LogP contribution in [0.15, 0.2) is 43.0 Å². The molecule has 7 heteroatoms.